The van der Waals surface area contributed by atoms with Crippen molar-refractivity contribution in [1.82, 2.24) is 10.4 Å². The van der Waals surface area contributed by atoms with Crippen molar-refractivity contribution in [1.29, 1.82) is 0 Å². The van der Waals surface area contributed by atoms with Crippen LogP contribution in [0.2, 0.25) is 0 Å². The van der Waals surface area contributed by atoms with E-state index in [1.165, 1.54) is 0 Å². The normalized spacial score (nSPS) is 9.08. The predicted octanol–water partition coefficient (Wildman–Crippen LogP) is 0.944. The van der Waals surface area contributed by atoms with Crippen LogP contribution in [-0.4, -0.2) is 35.7 Å². The summed E-state index contributed by atoms with van der Waals surface area (Å²) in [6.45, 7) is 10.7. The Morgan fingerprint density at radius 2 is 1.67 bits per heavy atom. The first-order chi connectivity index (χ1) is 5.58. The minimum absolute atomic E-state index is 0.833. The second-order valence-corrected chi connectivity index (χ2v) is 2.20. The number of nitrogens with one attached hydrogen (secondary N) is 1. The lowest BCUT2D eigenvalue weighted by atomic mass is 10.6. The molecule has 0 radical (unpaired) electrons. The Bertz CT molecular complexity index is 99.2. The summed E-state index contributed by atoms with van der Waals surface area (Å²) in [5, 5.41) is 9.60. The summed E-state index contributed by atoms with van der Waals surface area (Å²) in [6.07, 6.45) is 0. The van der Waals surface area contributed by atoms with Gasteiger partial charge in [-0.2, -0.15) is 0 Å². The van der Waals surface area contributed by atoms with E-state index in [1.54, 1.807) is 0 Å². The average Bonchev–Trinajstić information content (AvgIpc) is 1.99. The molecule has 0 saturated carbocycles. The van der Waals surface area contributed by atoms with Crippen LogP contribution in [0.15, 0.2) is 0 Å². The van der Waals surface area contributed by atoms with Gasteiger partial charge in [-0.1, -0.05) is 20.8 Å². The topological polar surface area (TPSA) is 52.6 Å². The molecule has 2 N–H and O–H groups in total. The van der Waals surface area contributed by atoms with Gasteiger partial charge in [-0.3, -0.25) is 10.2 Å². The Balaban J connectivity index is 0. The molecule has 0 aromatic heterocycles. The second-order valence-electron chi connectivity index (χ2n) is 2.20. The zero-order chi connectivity index (χ0) is 9.98. The van der Waals surface area contributed by atoms with Gasteiger partial charge in [0.25, 0.3) is 5.97 Å². The van der Waals surface area contributed by atoms with E-state index in [0.29, 0.717) is 0 Å². The summed E-state index contributed by atoms with van der Waals surface area (Å²) in [4.78, 5) is 9.00. The first-order valence-electron chi connectivity index (χ1n) is 4.26. The van der Waals surface area contributed by atoms with E-state index in [1.807, 2.05) is 0 Å². The Kier molecular flexibility index (Phi) is 12.1. The van der Waals surface area contributed by atoms with Crippen LogP contribution in [-0.2, 0) is 4.79 Å². The number of carboxylic acid groups (broad SMARTS) is 1. The highest BCUT2D eigenvalue weighted by Gasteiger charge is 1.91. The van der Waals surface area contributed by atoms with Crippen LogP contribution < -0.4 is 5.43 Å². The standard InChI is InChI=1S/C6H16N2.C2H4O2/c1-4-7-8(5-2)6-3;1-2(3)4/h7H,4-6H2,1-3H3;1H3,(H,3,4). The minimum Gasteiger partial charge on any atom is -0.481 e. The van der Waals surface area contributed by atoms with Crippen LogP contribution in [0.3, 0.4) is 0 Å². The predicted molar refractivity (Wildman–Crippen MR) is 49.9 cm³/mol. The molecule has 12 heavy (non-hydrogen) atoms. The third kappa shape index (κ3) is 16.2. The molecule has 4 nitrogen and oxygen atoms in total. The highest BCUT2D eigenvalue weighted by atomic mass is 16.4. The highest BCUT2D eigenvalue weighted by Crippen LogP contribution is 1.76. The lowest BCUT2D eigenvalue weighted by Gasteiger charge is -2.17. The fourth-order valence-electron chi connectivity index (χ4n) is 0.671. The number of hydrogen-bond donors (Lipinski definition) is 2. The fourth-order valence-corrected chi connectivity index (χ4v) is 0.671. The average molecular weight is 176 g/mol. The third-order valence-corrected chi connectivity index (χ3v) is 1.15. The maximum Gasteiger partial charge on any atom is 0.300 e. The molecule has 0 atom stereocenters. The van der Waals surface area contributed by atoms with E-state index < -0.39 is 5.97 Å². The van der Waals surface area contributed by atoms with E-state index in [4.69, 9.17) is 9.90 Å². The van der Waals surface area contributed by atoms with Gasteiger partial charge in [-0.25, -0.2) is 5.01 Å². The molecule has 0 heterocycles. The van der Waals surface area contributed by atoms with Crippen molar-refractivity contribution in [2.45, 2.75) is 27.7 Å². The molecule has 0 aromatic rings. The van der Waals surface area contributed by atoms with Gasteiger partial charge in [0.2, 0.25) is 0 Å². The van der Waals surface area contributed by atoms with Gasteiger partial charge in [-0.05, 0) is 0 Å². The number of aliphatic carboxylic acids is 1. The smallest absolute Gasteiger partial charge is 0.300 e. The fraction of sp³-hybridized carbons (Fsp3) is 0.875. The molecule has 0 bridgehead atoms. The van der Waals surface area contributed by atoms with Crippen molar-refractivity contribution < 1.29 is 9.90 Å². The zero-order valence-corrected chi connectivity index (χ0v) is 8.42. The van der Waals surface area contributed by atoms with Crippen molar-refractivity contribution in [2.75, 3.05) is 19.6 Å². The summed E-state index contributed by atoms with van der Waals surface area (Å²) < 4.78 is 0. The second kappa shape index (κ2) is 10.4. The highest BCUT2D eigenvalue weighted by molar-refractivity contribution is 5.62. The summed E-state index contributed by atoms with van der Waals surface area (Å²) in [7, 11) is 0. The molecule has 0 aliphatic rings. The molecule has 0 unspecified atom stereocenters. The largest absolute Gasteiger partial charge is 0.481 e. The SMILES string of the molecule is CC(=O)O.CCNN(CC)CC. The number of hydrogen-bond acceptors (Lipinski definition) is 3. The Hall–Kier alpha value is -0.610. The number of rotatable bonds is 4. The molecule has 0 fully saturated rings. The Morgan fingerprint density at radius 3 is 1.75 bits per heavy atom. The molecule has 0 saturated heterocycles. The summed E-state index contributed by atoms with van der Waals surface area (Å²) in [5.74, 6) is -0.833. The minimum atomic E-state index is -0.833. The Labute approximate surface area is 74.5 Å². The van der Waals surface area contributed by atoms with Crippen LogP contribution in [0.1, 0.15) is 27.7 Å². The van der Waals surface area contributed by atoms with Crippen LogP contribution in [0.5, 0.6) is 0 Å². The molecule has 0 amide bonds. The van der Waals surface area contributed by atoms with Gasteiger partial charge in [0.15, 0.2) is 0 Å². The van der Waals surface area contributed by atoms with Crippen LogP contribution in [0.4, 0.5) is 0 Å². The van der Waals surface area contributed by atoms with Gasteiger partial charge in [0.1, 0.15) is 0 Å². The summed E-state index contributed by atoms with van der Waals surface area (Å²) in [6, 6.07) is 0. The van der Waals surface area contributed by atoms with Crippen molar-refractivity contribution in [2.24, 2.45) is 0 Å². The maximum absolute atomic E-state index is 9.00. The molecule has 4 heteroatoms. The lowest BCUT2D eigenvalue weighted by molar-refractivity contribution is -0.134. The lowest BCUT2D eigenvalue weighted by Crippen LogP contribution is -2.37. The van der Waals surface area contributed by atoms with Gasteiger partial charge in [0.05, 0.1) is 0 Å². The molecule has 0 aliphatic carbocycles. The molecule has 0 aromatic carbocycles. The van der Waals surface area contributed by atoms with E-state index >= 15 is 0 Å². The van der Waals surface area contributed by atoms with E-state index in [0.717, 1.165) is 26.6 Å². The maximum atomic E-state index is 9.00. The van der Waals surface area contributed by atoms with E-state index in [9.17, 15) is 0 Å². The van der Waals surface area contributed by atoms with Crippen LogP contribution in [0, 0.1) is 0 Å². The van der Waals surface area contributed by atoms with Gasteiger partial charge >= 0.3 is 0 Å². The van der Waals surface area contributed by atoms with E-state index in [2.05, 4.69) is 31.2 Å². The van der Waals surface area contributed by atoms with Crippen molar-refractivity contribution in [3.05, 3.63) is 0 Å². The van der Waals surface area contributed by atoms with Gasteiger partial charge in [0, 0.05) is 26.6 Å². The molecular formula is C8H20N2O2. The molecule has 0 spiro atoms. The Morgan fingerprint density at radius 1 is 1.33 bits per heavy atom. The van der Waals surface area contributed by atoms with Crippen LogP contribution >= 0.6 is 0 Å². The quantitative estimate of drug-likeness (QED) is 0.626. The third-order valence-electron chi connectivity index (χ3n) is 1.15. The number of carbonyl (C=O) groups is 1. The molecule has 0 rings (SSSR count). The summed E-state index contributed by atoms with van der Waals surface area (Å²) in [5.41, 5.74) is 3.22. The molecular weight excluding hydrogens is 156 g/mol. The number of nitrogens with zero attached hydrogens (tertiary/aromatic N) is 1. The zero-order valence-electron chi connectivity index (χ0n) is 8.42. The first-order valence-corrected chi connectivity index (χ1v) is 4.26. The van der Waals surface area contributed by atoms with Crippen molar-refractivity contribution in [3.8, 4) is 0 Å². The van der Waals surface area contributed by atoms with E-state index in [-0.39, 0.29) is 0 Å². The van der Waals surface area contributed by atoms with Gasteiger partial charge < -0.3 is 5.11 Å². The summed E-state index contributed by atoms with van der Waals surface area (Å²) >= 11 is 0. The molecule has 0 aliphatic heterocycles. The number of hydrazine groups is 1. The molecule has 74 valence electrons. The monoisotopic (exact) mass is 176 g/mol. The first kappa shape index (κ1) is 13.9. The van der Waals surface area contributed by atoms with Crippen LogP contribution in [0.25, 0.3) is 0 Å². The van der Waals surface area contributed by atoms with Gasteiger partial charge in [-0.15, -0.1) is 0 Å². The van der Waals surface area contributed by atoms with Crippen molar-refractivity contribution >= 4 is 5.97 Å². The number of carboxylic acids is 1. The van der Waals surface area contributed by atoms with Crippen molar-refractivity contribution in [3.63, 3.8) is 0 Å².